The smallest absolute Gasteiger partial charge is 0.338 e. The van der Waals surface area contributed by atoms with Gasteiger partial charge in [-0.25, -0.2) is 9.78 Å². The van der Waals surface area contributed by atoms with Gasteiger partial charge in [-0.2, -0.15) is 0 Å². The largest absolute Gasteiger partial charge is 0.478 e. The second-order valence-electron chi connectivity index (χ2n) is 3.45. The lowest BCUT2D eigenvalue weighted by molar-refractivity contribution is 0.0696. The number of carboxylic acids is 1. The number of hydrogen-bond acceptors (Lipinski definition) is 4. The first-order valence-corrected chi connectivity index (χ1v) is 6.09. The van der Waals surface area contributed by atoms with Gasteiger partial charge in [-0.05, 0) is 28.1 Å². The van der Waals surface area contributed by atoms with Gasteiger partial charge in [0.25, 0.3) is 0 Å². The van der Waals surface area contributed by atoms with E-state index in [1.54, 1.807) is 6.07 Å². The molecule has 0 fully saturated rings. The van der Waals surface area contributed by atoms with Gasteiger partial charge in [-0.1, -0.05) is 11.6 Å². The highest BCUT2D eigenvalue weighted by molar-refractivity contribution is 9.10. The van der Waals surface area contributed by atoms with Crippen molar-refractivity contribution in [2.75, 3.05) is 5.32 Å². The Morgan fingerprint density at radius 2 is 2.33 bits per heavy atom. The summed E-state index contributed by atoms with van der Waals surface area (Å²) in [6, 6.07) is 3.17. The van der Waals surface area contributed by atoms with Crippen molar-refractivity contribution < 1.29 is 14.3 Å². The molecule has 18 heavy (non-hydrogen) atoms. The van der Waals surface area contributed by atoms with E-state index < -0.39 is 5.97 Å². The Balaban J connectivity index is 2.06. The van der Waals surface area contributed by atoms with Crippen molar-refractivity contribution in [2.45, 2.75) is 6.54 Å². The first-order valence-electron chi connectivity index (χ1n) is 4.92. The molecular weight excluding hydrogens is 323 g/mol. The number of furan rings is 1. The lowest BCUT2D eigenvalue weighted by atomic mass is 10.3. The SMILES string of the molecule is O=C(O)c1coc(CNc2cc(Cl)cnc2Br)c1. The average molecular weight is 332 g/mol. The summed E-state index contributed by atoms with van der Waals surface area (Å²) in [4.78, 5) is 14.7. The summed E-state index contributed by atoms with van der Waals surface area (Å²) >= 11 is 9.10. The van der Waals surface area contributed by atoms with Gasteiger partial charge in [0.1, 0.15) is 16.6 Å². The van der Waals surface area contributed by atoms with Gasteiger partial charge in [0.2, 0.25) is 0 Å². The molecule has 0 saturated carbocycles. The molecular formula is C11H8BrClN2O3. The number of hydrogen-bond donors (Lipinski definition) is 2. The molecule has 7 heteroatoms. The first kappa shape index (κ1) is 12.9. The molecule has 0 aliphatic rings. The van der Waals surface area contributed by atoms with Gasteiger partial charge < -0.3 is 14.8 Å². The van der Waals surface area contributed by atoms with Crippen LogP contribution in [0.15, 0.2) is 33.6 Å². The quantitative estimate of drug-likeness (QED) is 0.840. The molecule has 2 aromatic heterocycles. The Hall–Kier alpha value is -1.53. The number of nitrogens with zero attached hydrogens (tertiary/aromatic N) is 1. The molecule has 0 aliphatic heterocycles. The summed E-state index contributed by atoms with van der Waals surface area (Å²) < 4.78 is 5.73. The van der Waals surface area contributed by atoms with Gasteiger partial charge >= 0.3 is 5.97 Å². The van der Waals surface area contributed by atoms with Crippen molar-refractivity contribution in [3.63, 3.8) is 0 Å². The third-order valence-corrected chi connectivity index (χ3v) is 3.00. The van der Waals surface area contributed by atoms with E-state index in [4.69, 9.17) is 21.1 Å². The van der Waals surface area contributed by atoms with Crippen molar-refractivity contribution in [1.82, 2.24) is 4.98 Å². The van der Waals surface area contributed by atoms with Gasteiger partial charge in [0.15, 0.2) is 0 Å². The zero-order chi connectivity index (χ0) is 13.1. The fourth-order valence-corrected chi connectivity index (χ4v) is 1.83. The van der Waals surface area contributed by atoms with Crippen LogP contribution in [0.1, 0.15) is 16.1 Å². The molecule has 2 rings (SSSR count). The van der Waals surface area contributed by atoms with E-state index in [2.05, 4.69) is 26.2 Å². The van der Waals surface area contributed by atoms with Gasteiger partial charge in [0, 0.05) is 6.20 Å². The Morgan fingerprint density at radius 1 is 1.56 bits per heavy atom. The second-order valence-corrected chi connectivity index (χ2v) is 4.64. The number of carbonyl (C=O) groups is 1. The van der Waals surface area contributed by atoms with Crippen LogP contribution < -0.4 is 5.32 Å². The molecule has 0 bridgehead atoms. The maximum absolute atomic E-state index is 10.7. The van der Waals surface area contributed by atoms with E-state index in [9.17, 15) is 4.79 Å². The molecule has 2 heterocycles. The highest BCUT2D eigenvalue weighted by Crippen LogP contribution is 2.23. The highest BCUT2D eigenvalue weighted by Gasteiger charge is 2.09. The maximum Gasteiger partial charge on any atom is 0.338 e. The lowest BCUT2D eigenvalue weighted by Crippen LogP contribution is -2.00. The minimum absolute atomic E-state index is 0.120. The molecule has 0 saturated heterocycles. The van der Waals surface area contributed by atoms with Crippen LogP contribution in [0.2, 0.25) is 5.02 Å². The predicted molar refractivity (Wildman–Crippen MR) is 69.9 cm³/mol. The molecule has 0 radical (unpaired) electrons. The monoisotopic (exact) mass is 330 g/mol. The van der Waals surface area contributed by atoms with E-state index in [-0.39, 0.29) is 5.56 Å². The summed E-state index contributed by atoms with van der Waals surface area (Å²) in [5, 5.41) is 12.3. The summed E-state index contributed by atoms with van der Waals surface area (Å²) in [6.07, 6.45) is 2.72. The van der Waals surface area contributed by atoms with E-state index >= 15 is 0 Å². The Bertz CT molecular complexity index is 585. The molecule has 94 valence electrons. The summed E-state index contributed by atoms with van der Waals surface area (Å²) in [5.41, 5.74) is 0.825. The molecule has 0 spiro atoms. The topological polar surface area (TPSA) is 75.4 Å². The standard InChI is InChI=1S/C11H8BrClN2O3/c12-10-9(2-7(13)3-15-10)14-4-8-1-6(5-18-8)11(16)17/h1-3,5,14H,4H2,(H,16,17). The molecule has 2 aromatic rings. The third kappa shape index (κ3) is 3.02. The molecule has 0 aromatic carbocycles. The molecule has 0 atom stereocenters. The number of rotatable bonds is 4. The lowest BCUT2D eigenvalue weighted by Gasteiger charge is -2.06. The fraction of sp³-hybridized carbons (Fsp3) is 0.0909. The summed E-state index contributed by atoms with van der Waals surface area (Å²) in [6.45, 7) is 0.341. The van der Waals surface area contributed by atoms with Crippen LogP contribution in [-0.2, 0) is 6.54 Å². The van der Waals surface area contributed by atoms with Gasteiger partial charge in [-0.15, -0.1) is 0 Å². The number of nitrogens with one attached hydrogen (secondary N) is 1. The summed E-state index contributed by atoms with van der Waals surface area (Å²) in [5.74, 6) is -0.505. The van der Waals surface area contributed by atoms with E-state index in [0.717, 1.165) is 0 Å². The number of aromatic nitrogens is 1. The van der Waals surface area contributed by atoms with Crippen LogP contribution in [0.5, 0.6) is 0 Å². The van der Waals surface area contributed by atoms with Gasteiger partial charge in [-0.3, -0.25) is 0 Å². The number of aromatic carboxylic acids is 1. The maximum atomic E-state index is 10.7. The van der Waals surface area contributed by atoms with Gasteiger partial charge in [0.05, 0.1) is 22.8 Å². The van der Waals surface area contributed by atoms with E-state index in [1.807, 2.05) is 0 Å². The Morgan fingerprint density at radius 3 is 3.00 bits per heavy atom. The minimum atomic E-state index is -1.02. The van der Waals surface area contributed by atoms with Crippen molar-refractivity contribution in [3.8, 4) is 0 Å². The Kier molecular flexibility index (Phi) is 3.88. The zero-order valence-corrected chi connectivity index (χ0v) is 11.3. The third-order valence-electron chi connectivity index (χ3n) is 2.16. The van der Waals surface area contributed by atoms with Crippen molar-refractivity contribution in [1.29, 1.82) is 0 Å². The molecule has 2 N–H and O–H groups in total. The molecule has 0 unspecified atom stereocenters. The van der Waals surface area contributed by atoms with Crippen LogP contribution in [0.3, 0.4) is 0 Å². The van der Waals surface area contributed by atoms with Crippen molar-refractivity contribution in [3.05, 3.63) is 45.5 Å². The highest BCUT2D eigenvalue weighted by atomic mass is 79.9. The van der Waals surface area contributed by atoms with Crippen LogP contribution in [0, 0.1) is 0 Å². The number of carboxylic acid groups (broad SMARTS) is 1. The van der Waals surface area contributed by atoms with Crippen LogP contribution in [0.4, 0.5) is 5.69 Å². The van der Waals surface area contributed by atoms with E-state index in [0.29, 0.717) is 27.6 Å². The molecule has 5 nitrogen and oxygen atoms in total. The number of anilines is 1. The van der Waals surface area contributed by atoms with Crippen molar-refractivity contribution in [2.24, 2.45) is 0 Å². The first-order chi connectivity index (χ1) is 8.56. The predicted octanol–water partition coefficient (Wildman–Crippen LogP) is 3.40. The minimum Gasteiger partial charge on any atom is -0.478 e. The average Bonchev–Trinajstić information content (AvgIpc) is 2.79. The summed E-state index contributed by atoms with van der Waals surface area (Å²) in [7, 11) is 0. The fourth-order valence-electron chi connectivity index (χ4n) is 1.31. The van der Waals surface area contributed by atoms with Crippen LogP contribution in [0.25, 0.3) is 0 Å². The number of halogens is 2. The van der Waals surface area contributed by atoms with Crippen LogP contribution >= 0.6 is 27.5 Å². The number of pyridine rings is 1. The van der Waals surface area contributed by atoms with Crippen LogP contribution in [-0.4, -0.2) is 16.1 Å². The van der Waals surface area contributed by atoms with E-state index in [1.165, 1.54) is 18.5 Å². The zero-order valence-electron chi connectivity index (χ0n) is 8.98. The molecule has 0 aliphatic carbocycles. The Labute approximate surface area is 116 Å². The molecule has 0 amide bonds. The van der Waals surface area contributed by atoms with Crippen molar-refractivity contribution >= 4 is 39.2 Å². The second kappa shape index (κ2) is 5.41. The normalized spacial score (nSPS) is 10.3.